The van der Waals surface area contributed by atoms with Gasteiger partial charge in [0.2, 0.25) is 0 Å². The predicted octanol–water partition coefficient (Wildman–Crippen LogP) is 5.45. The molecule has 2 aromatic carbocycles. The molecule has 4 aromatic rings. The van der Waals surface area contributed by atoms with E-state index in [0.29, 0.717) is 10.7 Å². The molecule has 0 radical (unpaired) electrons. The Hall–Kier alpha value is -2.54. The van der Waals surface area contributed by atoms with E-state index in [1.807, 2.05) is 42.8 Å². The standard InChI is InChI=1S/C24H26ClN5S/c1-28(17-18-9-5-4-6-10-18)15-16-29(2)21-13-14-26-23(22(21)25)24-27-19-11-7-8-12-20(19)30(24)31-3/h4-14H,15-17H2,1-3H3. The van der Waals surface area contributed by atoms with E-state index in [2.05, 4.69) is 63.2 Å². The van der Waals surface area contributed by atoms with Crippen LogP contribution in [0.5, 0.6) is 0 Å². The first-order valence-electron chi connectivity index (χ1n) is 10.2. The van der Waals surface area contributed by atoms with Crippen molar-refractivity contribution in [3.8, 4) is 11.5 Å². The second-order valence-electron chi connectivity index (χ2n) is 7.54. The SMILES string of the molecule is CSn1c(-c2nccc(N(C)CCN(C)Cc3ccccc3)c2Cl)nc2ccccc21. The van der Waals surface area contributed by atoms with Gasteiger partial charge >= 0.3 is 0 Å². The quantitative estimate of drug-likeness (QED) is 0.356. The van der Waals surface area contributed by atoms with Crippen LogP contribution in [0.2, 0.25) is 5.02 Å². The molecule has 0 aliphatic carbocycles. The summed E-state index contributed by atoms with van der Waals surface area (Å²) < 4.78 is 2.08. The molecule has 160 valence electrons. The second kappa shape index (κ2) is 9.73. The van der Waals surface area contributed by atoms with Crippen LogP contribution in [0, 0.1) is 0 Å². The fraction of sp³-hybridized carbons (Fsp3) is 0.250. The Kier molecular flexibility index (Phi) is 6.80. The van der Waals surface area contributed by atoms with Crippen molar-refractivity contribution in [3.63, 3.8) is 0 Å². The number of nitrogens with zero attached hydrogens (tertiary/aromatic N) is 5. The number of halogens is 1. The molecule has 4 rings (SSSR count). The maximum absolute atomic E-state index is 6.86. The van der Waals surface area contributed by atoms with Gasteiger partial charge in [0.1, 0.15) is 5.69 Å². The minimum absolute atomic E-state index is 0.626. The smallest absolute Gasteiger partial charge is 0.171 e. The molecule has 5 nitrogen and oxygen atoms in total. The summed E-state index contributed by atoms with van der Waals surface area (Å²) in [4.78, 5) is 13.9. The Bertz CT molecular complexity index is 1160. The highest BCUT2D eigenvalue weighted by atomic mass is 35.5. The Labute approximate surface area is 192 Å². The Morgan fingerprint density at radius 2 is 1.71 bits per heavy atom. The fourth-order valence-electron chi connectivity index (χ4n) is 3.64. The third-order valence-corrected chi connectivity index (χ3v) is 6.41. The Morgan fingerprint density at radius 3 is 2.48 bits per heavy atom. The maximum atomic E-state index is 6.86. The van der Waals surface area contributed by atoms with Gasteiger partial charge in [-0.1, -0.05) is 54.1 Å². The summed E-state index contributed by atoms with van der Waals surface area (Å²) in [5.41, 5.74) is 4.97. The number of pyridine rings is 1. The van der Waals surface area contributed by atoms with Crippen molar-refractivity contribution in [1.29, 1.82) is 0 Å². The van der Waals surface area contributed by atoms with Crippen LogP contribution in [0.3, 0.4) is 0 Å². The van der Waals surface area contributed by atoms with Crippen molar-refractivity contribution in [3.05, 3.63) is 77.4 Å². The number of aromatic nitrogens is 3. The van der Waals surface area contributed by atoms with Crippen LogP contribution in [-0.4, -0.2) is 52.3 Å². The van der Waals surface area contributed by atoms with E-state index in [0.717, 1.165) is 42.2 Å². The van der Waals surface area contributed by atoms with Gasteiger partial charge in [0.05, 0.1) is 21.7 Å². The molecule has 0 unspecified atom stereocenters. The monoisotopic (exact) mass is 451 g/mol. The largest absolute Gasteiger partial charge is 0.372 e. The van der Waals surface area contributed by atoms with Crippen molar-refractivity contribution in [2.45, 2.75) is 6.54 Å². The van der Waals surface area contributed by atoms with Crippen LogP contribution >= 0.6 is 23.5 Å². The van der Waals surface area contributed by atoms with Crippen molar-refractivity contribution in [1.82, 2.24) is 18.8 Å². The first-order chi connectivity index (χ1) is 15.1. The van der Waals surface area contributed by atoms with E-state index < -0.39 is 0 Å². The van der Waals surface area contributed by atoms with Gasteiger partial charge in [-0.3, -0.25) is 8.96 Å². The number of hydrogen-bond donors (Lipinski definition) is 0. The van der Waals surface area contributed by atoms with E-state index in [-0.39, 0.29) is 0 Å². The predicted molar refractivity (Wildman–Crippen MR) is 133 cm³/mol. The molecule has 2 aromatic heterocycles. The summed E-state index contributed by atoms with van der Waals surface area (Å²) >= 11 is 8.46. The van der Waals surface area contributed by atoms with Gasteiger partial charge in [-0.25, -0.2) is 4.98 Å². The fourth-order valence-corrected chi connectivity index (χ4v) is 4.63. The normalized spacial score (nSPS) is 11.4. The maximum Gasteiger partial charge on any atom is 0.171 e. The average molecular weight is 452 g/mol. The first-order valence-corrected chi connectivity index (χ1v) is 11.7. The third-order valence-electron chi connectivity index (χ3n) is 5.31. The minimum Gasteiger partial charge on any atom is -0.372 e. The van der Waals surface area contributed by atoms with Crippen LogP contribution < -0.4 is 4.90 Å². The molecule has 0 saturated carbocycles. The average Bonchev–Trinajstić information content (AvgIpc) is 3.16. The molecular formula is C24H26ClN5S. The summed E-state index contributed by atoms with van der Waals surface area (Å²) in [5.74, 6) is 0.773. The van der Waals surface area contributed by atoms with E-state index in [1.165, 1.54) is 5.56 Å². The number of fused-ring (bicyclic) bond motifs is 1. The van der Waals surface area contributed by atoms with Gasteiger partial charge in [-0.15, -0.1) is 0 Å². The number of likely N-dealkylation sites (N-methyl/N-ethyl adjacent to an activating group) is 2. The zero-order valence-corrected chi connectivity index (χ0v) is 19.6. The molecule has 0 aliphatic heterocycles. The topological polar surface area (TPSA) is 37.2 Å². The number of anilines is 1. The third kappa shape index (κ3) is 4.71. The van der Waals surface area contributed by atoms with Crippen molar-refractivity contribution < 1.29 is 0 Å². The molecule has 0 spiro atoms. The summed E-state index contributed by atoms with van der Waals surface area (Å²) in [5, 5.41) is 0.626. The minimum atomic E-state index is 0.626. The molecule has 0 bridgehead atoms. The lowest BCUT2D eigenvalue weighted by Gasteiger charge is -2.25. The van der Waals surface area contributed by atoms with Crippen LogP contribution in [0.15, 0.2) is 66.9 Å². The molecule has 0 aliphatic rings. The van der Waals surface area contributed by atoms with E-state index in [1.54, 1.807) is 11.9 Å². The lowest BCUT2D eigenvalue weighted by Crippen LogP contribution is -2.30. The lowest BCUT2D eigenvalue weighted by atomic mass is 10.2. The van der Waals surface area contributed by atoms with Gasteiger partial charge in [-0.05, 0) is 42.8 Å². The van der Waals surface area contributed by atoms with Crippen LogP contribution in [0.1, 0.15) is 5.56 Å². The molecule has 0 saturated heterocycles. The van der Waals surface area contributed by atoms with Crippen molar-refractivity contribution in [2.24, 2.45) is 0 Å². The second-order valence-corrected chi connectivity index (χ2v) is 8.65. The summed E-state index contributed by atoms with van der Waals surface area (Å²) in [7, 11) is 4.21. The highest BCUT2D eigenvalue weighted by molar-refractivity contribution is 7.97. The summed E-state index contributed by atoms with van der Waals surface area (Å²) in [6.45, 7) is 2.69. The number of benzene rings is 2. The van der Waals surface area contributed by atoms with E-state index in [9.17, 15) is 0 Å². The van der Waals surface area contributed by atoms with Gasteiger partial charge in [-0.2, -0.15) is 0 Å². The molecule has 7 heteroatoms. The van der Waals surface area contributed by atoms with Crippen molar-refractivity contribution >= 4 is 40.3 Å². The van der Waals surface area contributed by atoms with Gasteiger partial charge in [0.15, 0.2) is 5.82 Å². The zero-order chi connectivity index (χ0) is 21.8. The van der Waals surface area contributed by atoms with Gasteiger partial charge in [0, 0.05) is 39.1 Å². The number of hydrogen-bond acceptors (Lipinski definition) is 5. The van der Waals surface area contributed by atoms with E-state index >= 15 is 0 Å². The molecule has 0 atom stereocenters. The number of para-hydroxylation sites is 2. The molecule has 2 heterocycles. The van der Waals surface area contributed by atoms with Crippen LogP contribution in [-0.2, 0) is 6.54 Å². The zero-order valence-electron chi connectivity index (χ0n) is 18.0. The van der Waals surface area contributed by atoms with Crippen LogP contribution in [0.25, 0.3) is 22.6 Å². The van der Waals surface area contributed by atoms with Crippen LogP contribution in [0.4, 0.5) is 5.69 Å². The van der Waals surface area contributed by atoms with E-state index in [4.69, 9.17) is 16.6 Å². The molecule has 31 heavy (non-hydrogen) atoms. The number of rotatable bonds is 8. The molecule has 0 amide bonds. The lowest BCUT2D eigenvalue weighted by molar-refractivity contribution is 0.334. The summed E-state index contributed by atoms with van der Waals surface area (Å²) in [6.07, 6.45) is 3.84. The molecule has 0 fully saturated rings. The molecule has 0 N–H and O–H groups in total. The van der Waals surface area contributed by atoms with Crippen molar-refractivity contribution in [2.75, 3.05) is 38.3 Å². The number of imidazole rings is 1. The highest BCUT2D eigenvalue weighted by Gasteiger charge is 2.19. The highest BCUT2D eigenvalue weighted by Crippen LogP contribution is 2.36. The molecular weight excluding hydrogens is 426 g/mol. The van der Waals surface area contributed by atoms with Gasteiger partial charge < -0.3 is 9.80 Å². The van der Waals surface area contributed by atoms with Gasteiger partial charge in [0.25, 0.3) is 0 Å². The first kappa shape index (κ1) is 21.7. The Morgan fingerprint density at radius 1 is 0.968 bits per heavy atom. The summed E-state index contributed by atoms with van der Waals surface area (Å²) in [6, 6.07) is 20.6. The Balaban J connectivity index is 1.54.